The van der Waals surface area contributed by atoms with Crippen molar-refractivity contribution in [3.63, 3.8) is 0 Å². The predicted octanol–water partition coefficient (Wildman–Crippen LogP) is 9.31. The molecule has 0 spiro atoms. The zero-order chi connectivity index (χ0) is 22.8. The van der Waals surface area contributed by atoms with Gasteiger partial charge in [-0.2, -0.15) is 0 Å². The summed E-state index contributed by atoms with van der Waals surface area (Å²) in [7, 11) is 0. The minimum Gasteiger partial charge on any atom is -0.256 e. The SMILES string of the molecule is Cc1cc(C(C)C)c2ccc3c(-c4cc(C(C)(C)C)c5cc(C)sc5c4)nccc3c2c1. The Morgan fingerprint density at radius 3 is 2.25 bits per heavy atom. The van der Waals surface area contributed by atoms with Gasteiger partial charge in [-0.1, -0.05) is 64.4 Å². The molecule has 32 heavy (non-hydrogen) atoms. The maximum absolute atomic E-state index is 4.91. The first-order valence-electron chi connectivity index (χ1n) is 11.5. The van der Waals surface area contributed by atoms with E-state index in [-0.39, 0.29) is 5.41 Å². The van der Waals surface area contributed by atoms with E-state index in [0.717, 1.165) is 5.69 Å². The second kappa shape index (κ2) is 7.42. The van der Waals surface area contributed by atoms with Crippen molar-refractivity contribution in [3.8, 4) is 11.3 Å². The molecule has 0 fully saturated rings. The molecule has 2 heterocycles. The predicted molar refractivity (Wildman–Crippen MR) is 142 cm³/mol. The topological polar surface area (TPSA) is 12.9 Å². The smallest absolute Gasteiger partial charge is 0.0781 e. The normalized spacial score (nSPS) is 12.5. The van der Waals surface area contributed by atoms with Crippen LogP contribution in [0.2, 0.25) is 0 Å². The van der Waals surface area contributed by atoms with Crippen LogP contribution in [0.15, 0.2) is 54.7 Å². The Labute approximate surface area is 195 Å². The lowest BCUT2D eigenvalue weighted by molar-refractivity contribution is 0.596. The molecule has 3 aromatic carbocycles. The molecule has 0 amide bonds. The molecule has 0 unspecified atom stereocenters. The van der Waals surface area contributed by atoms with Gasteiger partial charge in [0.1, 0.15) is 0 Å². The van der Waals surface area contributed by atoms with E-state index in [1.165, 1.54) is 58.8 Å². The Morgan fingerprint density at radius 2 is 1.53 bits per heavy atom. The highest BCUT2D eigenvalue weighted by Crippen LogP contribution is 2.41. The third kappa shape index (κ3) is 3.42. The summed E-state index contributed by atoms with van der Waals surface area (Å²) in [5.41, 5.74) is 6.50. The first-order valence-corrected chi connectivity index (χ1v) is 12.3. The van der Waals surface area contributed by atoms with Crippen molar-refractivity contribution in [1.82, 2.24) is 4.98 Å². The molecule has 0 radical (unpaired) electrons. The molecule has 5 rings (SSSR count). The molecule has 2 heteroatoms. The summed E-state index contributed by atoms with van der Waals surface area (Å²) >= 11 is 1.88. The van der Waals surface area contributed by atoms with Gasteiger partial charge in [-0.15, -0.1) is 11.3 Å². The fourth-order valence-electron chi connectivity index (χ4n) is 5.01. The van der Waals surface area contributed by atoms with Crippen molar-refractivity contribution in [2.24, 2.45) is 0 Å². The summed E-state index contributed by atoms with van der Waals surface area (Å²) in [5, 5.41) is 6.59. The van der Waals surface area contributed by atoms with E-state index >= 15 is 0 Å². The molecule has 0 saturated carbocycles. The van der Waals surface area contributed by atoms with Crippen molar-refractivity contribution >= 4 is 43.0 Å². The van der Waals surface area contributed by atoms with Crippen LogP contribution < -0.4 is 0 Å². The van der Waals surface area contributed by atoms with Crippen LogP contribution in [0, 0.1) is 13.8 Å². The molecular formula is C30H31NS. The lowest BCUT2D eigenvalue weighted by atomic mass is 9.83. The Balaban J connectivity index is 1.84. The van der Waals surface area contributed by atoms with Gasteiger partial charge in [-0.3, -0.25) is 4.98 Å². The van der Waals surface area contributed by atoms with E-state index in [1.807, 2.05) is 17.5 Å². The maximum Gasteiger partial charge on any atom is 0.0781 e. The van der Waals surface area contributed by atoms with E-state index in [2.05, 4.69) is 97.0 Å². The quantitative estimate of drug-likeness (QED) is 0.251. The zero-order valence-electron chi connectivity index (χ0n) is 20.1. The molecule has 0 N–H and O–H groups in total. The van der Waals surface area contributed by atoms with Gasteiger partial charge in [0, 0.05) is 26.7 Å². The summed E-state index contributed by atoms with van der Waals surface area (Å²) < 4.78 is 1.35. The summed E-state index contributed by atoms with van der Waals surface area (Å²) in [6, 6.07) is 18.5. The molecule has 0 aliphatic carbocycles. The van der Waals surface area contributed by atoms with E-state index in [9.17, 15) is 0 Å². The molecule has 0 saturated heterocycles. The third-order valence-corrected chi connectivity index (χ3v) is 7.51. The minimum atomic E-state index is 0.0718. The van der Waals surface area contributed by atoms with Crippen molar-refractivity contribution in [2.45, 2.75) is 59.8 Å². The molecule has 0 aliphatic rings. The highest BCUT2D eigenvalue weighted by Gasteiger charge is 2.21. The van der Waals surface area contributed by atoms with Gasteiger partial charge in [-0.25, -0.2) is 0 Å². The second-order valence-electron chi connectivity index (χ2n) is 10.5. The number of nitrogens with zero attached hydrogens (tertiary/aromatic N) is 1. The number of aromatic nitrogens is 1. The lowest BCUT2D eigenvalue weighted by Gasteiger charge is -2.22. The zero-order valence-corrected chi connectivity index (χ0v) is 20.9. The Kier molecular flexibility index (Phi) is 4.90. The van der Waals surface area contributed by atoms with Crippen LogP contribution in [0.25, 0.3) is 42.9 Å². The Hall–Kier alpha value is -2.71. The van der Waals surface area contributed by atoms with Crippen molar-refractivity contribution in [1.29, 1.82) is 0 Å². The number of aryl methyl sites for hydroxylation is 2. The highest BCUT2D eigenvalue weighted by molar-refractivity contribution is 7.19. The lowest BCUT2D eigenvalue weighted by Crippen LogP contribution is -2.11. The van der Waals surface area contributed by atoms with E-state index < -0.39 is 0 Å². The van der Waals surface area contributed by atoms with Crippen molar-refractivity contribution in [2.75, 3.05) is 0 Å². The van der Waals surface area contributed by atoms with Gasteiger partial charge in [-0.05, 0) is 82.1 Å². The summed E-state index contributed by atoms with van der Waals surface area (Å²) in [4.78, 5) is 6.26. The van der Waals surface area contributed by atoms with Gasteiger partial charge in [0.15, 0.2) is 0 Å². The van der Waals surface area contributed by atoms with Crippen LogP contribution in [-0.4, -0.2) is 4.98 Å². The van der Waals surface area contributed by atoms with Gasteiger partial charge in [0.05, 0.1) is 5.69 Å². The number of pyridine rings is 1. The summed E-state index contributed by atoms with van der Waals surface area (Å²) in [5.74, 6) is 0.495. The first kappa shape index (κ1) is 21.2. The third-order valence-electron chi connectivity index (χ3n) is 6.52. The molecule has 5 aromatic rings. The van der Waals surface area contributed by atoms with Crippen LogP contribution in [0.4, 0.5) is 0 Å². The highest BCUT2D eigenvalue weighted by atomic mass is 32.1. The van der Waals surface area contributed by atoms with Crippen molar-refractivity contribution < 1.29 is 0 Å². The molecule has 0 bridgehead atoms. The fraction of sp³-hybridized carbons (Fsp3) is 0.300. The van der Waals surface area contributed by atoms with Gasteiger partial charge >= 0.3 is 0 Å². The first-order chi connectivity index (χ1) is 15.1. The van der Waals surface area contributed by atoms with Gasteiger partial charge < -0.3 is 0 Å². The largest absolute Gasteiger partial charge is 0.256 e. The van der Waals surface area contributed by atoms with E-state index in [0.29, 0.717) is 5.92 Å². The summed E-state index contributed by atoms with van der Waals surface area (Å²) in [6.45, 7) is 15.9. The standard InChI is InChI=1S/C30H31NS/c1-17(2)24-12-18(3)13-25-21(24)8-9-23-22(25)10-11-31-29(23)20-15-27(30(5,6)7)26-14-19(4)32-28(26)16-20/h8-17H,1-7H3. The molecule has 2 aromatic heterocycles. The van der Waals surface area contributed by atoms with Crippen LogP contribution in [0.5, 0.6) is 0 Å². The van der Waals surface area contributed by atoms with Crippen LogP contribution >= 0.6 is 11.3 Å². The summed E-state index contributed by atoms with van der Waals surface area (Å²) in [6.07, 6.45) is 1.98. The number of hydrogen-bond donors (Lipinski definition) is 0. The Bertz CT molecular complexity index is 1500. The van der Waals surface area contributed by atoms with Gasteiger partial charge in [0.2, 0.25) is 0 Å². The monoisotopic (exact) mass is 437 g/mol. The van der Waals surface area contributed by atoms with E-state index in [1.54, 1.807) is 0 Å². The molecule has 0 aliphatic heterocycles. The van der Waals surface area contributed by atoms with Crippen LogP contribution in [0.3, 0.4) is 0 Å². The number of thiophene rings is 1. The Morgan fingerprint density at radius 1 is 0.781 bits per heavy atom. The maximum atomic E-state index is 4.91. The second-order valence-corrected chi connectivity index (χ2v) is 11.8. The number of rotatable bonds is 2. The van der Waals surface area contributed by atoms with Gasteiger partial charge in [0.25, 0.3) is 0 Å². The number of benzene rings is 3. The van der Waals surface area contributed by atoms with Crippen LogP contribution in [-0.2, 0) is 5.41 Å². The molecule has 162 valence electrons. The molecule has 1 nitrogen and oxygen atoms in total. The molecular weight excluding hydrogens is 406 g/mol. The van der Waals surface area contributed by atoms with Crippen molar-refractivity contribution in [3.05, 3.63) is 76.3 Å². The number of hydrogen-bond acceptors (Lipinski definition) is 2. The van der Waals surface area contributed by atoms with Crippen LogP contribution in [0.1, 0.15) is 62.1 Å². The average molecular weight is 438 g/mol. The average Bonchev–Trinajstić information content (AvgIpc) is 3.10. The minimum absolute atomic E-state index is 0.0718. The molecule has 0 atom stereocenters. The van der Waals surface area contributed by atoms with E-state index in [4.69, 9.17) is 4.98 Å². The fourth-order valence-corrected chi connectivity index (χ4v) is 6.00. The number of fused-ring (bicyclic) bond motifs is 4.